The van der Waals surface area contributed by atoms with Gasteiger partial charge in [0.15, 0.2) is 0 Å². The third-order valence-corrected chi connectivity index (χ3v) is 7.78. The van der Waals surface area contributed by atoms with Crippen LogP contribution in [0.2, 0.25) is 0 Å². The standard InChI is InChI=1S/C23H32O2.2ClH.Zr/c24-15-13-23(14-16-25,21-11-9-17-5-1-3-7-19(17)21)22-12-10-18-6-2-4-8-20(18)22;;;/h1-8,17-22,24-25H,9-16H2;2*1H;/q;;;+2/p-2. The first-order valence-electron chi connectivity index (χ1n) is 10.2. The number of aliphatic hydroxyl groups excluding tert-OH is 2. The van der Waals surface area contributed by atoms with Crippen LogP contribution in [-0.4, -0.2) is 23.4 Å². The van der Waals surface area contributed by atoms with Crippen molar-refractivity contribution in [2.45, 2.75) is 38.5 Å². The summed E-state index contributed by atoms with van der Waals surface area (Å²) in [6, 6.07) is 0. The van der Waals surface area contributed by atoms with Gasteiger partial charge in [0, 0.05) is 13.2 Å². The van der Waals surface area contributed by atoms with E-state index in [4.69, 9.17) is 0 Å². The Morgan fingerprint density at radius 3 is 1.43 bits per heavy atom. The number of halogens is 2. The second-order valence-corrected chi connectivity index (χ2v) is 8.57. The third-order valence-electron chi connectivity index (χ3n) is 7.78. The summed E-state index contributed by atoms with van der Waals surface area (Å²) >= 11 is 0. The summed E-state index contributed by atoms with van der Waals surface area (Å²) in [5.74, 6) is 3.66. The van der Waals surface area contributed by atoms with Crippen LogP contribution in [0, 0.1) is 40.9 Å². The first-order chi connectivity index (χ1) is 12.3. The van der Waals surface area contributed by atoms with Gasteiger partial charge in [-0.25, -0.2) is 0 Å². The Balaban J connectivity index is 0.00000131. The molecule has 2 fully saturated rings. The average molecular weight is 503 g/mol. The summed E-state index contributed by atoms with van der Waals surface area (Å²) in [6.07, 6.45) is 25.1. The maximum absolute atomic E-state index is 10.00. The van der Waals surface area contributed by atoms with Gasteiger partial charge in [0.1, 0.15) is 0 Å². The number of rotatable bonds is 6. The van der Waals surface area contributed by atoms with E-state index in [0.29, 0.717) is 35.5 Å². The molecule has 4 aliphatic carbocycles. The topological polar surface area (TPSA) is 40.5 Å². The Bertz CT molecular complexity index is 549. The monoisotopic (exact) mass is 500 g/mol. The van der Waals surface area contributed by atoms with Gasteiger partial charge in [0.05, 0.1) is 0 Å². The Labute approximate surface area is 201 Å². The Hall–Kier alpha value is 0.343. The molecule has 0 heterocycles. The molecule has 5 heteroatoms. The van der Waals surface area contributed by atoms with Gasteiger partial charge >= 0.3 is 26.2 Å². The molecular formula is C23H32Cl2O2Zr. The van der Waals surface area contributed by atoms with Crippen LogP contribution in [0.15, 0.2) is 48.6 Å². The van der Waals surface area contributed by atoms with Gasteiger partial charge in [-0.2, -0.15) is 0 Å². The second kappa shape index (κ2) is 11.7. The summed E-state index contributed by atoms with van der Waals surface area (Å²) in [5, 5.41) is 20.0. The van der Waals surface area contributed by atoms with E-state index in [0.717, 1.165) is 12.8 Å². The van der Waals surface area contributed by atoms with Gasteiger partial charge in [0.25, 0.3) is 0 Å². The van der Waals surface area contributed by atoms with Crippen LogP contribution in [0.3, 0.4) is 0 Å². The van der Waals surface area contributed by atoms with Crippen LogP contribution >= 0.6 is 0 Å². The number of hydrogen-bond donors (Lipinski definition) is 2. The molecule has 0 amide bonds. The molecule has 4 rings (SSSR count). The van der Waals surface area contributed by atoms with Crippen molar-refractivity contribution in [2.24, 2.45) is 40.9 Å². The second-order valence-electron chi connectivity index (χ2n) is 8.57. The van der Waals surface area contributed by atoms with Crippen molar-refractivity contribution < 1.29 is 61.2 Å². The van der Waals surface area contributed by atoms with Crippen LogP contribution in [0.1, 0.15) is 38.5 Å². The fraction of sp³-hybridized carbons (Fsp3) is 0.652. The van der Waals surface area contributed by atoms with Gasteiger partial charge in [-0.3, -0.25) is 0 Å². The van der Waals surface area contributed by atoms with Crippen LogP contribution in [-0.2, 0) is 26.2 Å². The zero-order valence-corrected chi connectivity index (χ0v) is 20.4. The Morgan fingerprint density at radius 2 is 1.04 bits per heavy atom. The maximum atomic E-state index is 10.00. The smallest absolute Gasteiger partial charge is 1.00 e. The van der Waals surface area contributed by atoms with Gasteiger partial charge < -0.3 is 35.0 Å². The molecule has 0 bridgehead atoms. The van der Waals surface area contributed by atoms with Crippen molar-refractivity contribution in [1.82, 2.24) is 0 Å². The first-order valence-corrected chi connectivity index (χ1v) is 10.2. The van der Waals surface area contributed by atoms with Crippen LogP contribution < -0.4 is 24.8 Å². The fourth-order valence-electron chi connectivity index (χ4n) is 6.81. The summed E-state index contributed by atoms with van der Waals surface area (Å²) in [7, 11) is 0. The zero-order valence-electron chi connectivity index (χ0n) is 16.4. The van der Waals surface area contributed by atoms with Crippen LogP contribution in [0.4, 0.5) is 0 Å². The predicted molar refractivity (Wildman–Crippen MR) is 102 cm³/mol. The van der Waals surface area contributed by atoms with Gasteiger partial charge in [-0.1, -0.05) is 48.6 Å². The Kier molecular flexibility index (Phi) is 11.0. The van der Waals surface area contributed by atoms with Gasteiger partial charge in [-0.15, -0.1) is 0 Å². The molecular weight excluding hydrogens is 470 g/mol. The largest absolute Gasteiger partial charge is 2.00 e. The van der Waals surface area contributed by atoms with E-state index in [1.54, 1.807) is 0 Å². The molecule has 154 valence electrons. The molecule has 0 saturated heterocycles. The molecule has 0 aromatic heterocycles. The molecule has 0 aliphatic heterocycles. The van der Waals surface area contributed by atoms with Crippen LogP contribution in [0.25, 0.3) is 0 Å². The summed E-state index contributed by atoms with van der Waals surface area (Å²) < 4.78 is 0. The molecule has 4 aliphatic rings. The predicted octanol–water partition coefficient (Wildman–Crippen LogP) is -1.72. The van der Waals surface area contributed by atoms with Crippen molar-refractivity contribution in [2.75, 3.05) is 13.2 Å². The minimum atomic E-state index is 0. The van der Waals surface area contributed by atoms with E-state index >= 15 is 0 Å². The molecule has 0 aromatic rings. The van der Waals surface area contributed by atoms with E-state index < -0.39 is 0 Å². The summed E-state index contributed by atoms with van der Waals surface area (Å²) in [5.41, 5.74) is 0.0629. The van der Waals surface area contributed by atoms with E-state index in [9.17, 15) is 10.2 Å². The molecule has 2 N–H and O–H groups in total. The minimum Gasteiger partial charge on any atom is -1.00 e. The molecule has 2 nitrogen and oxygen atoms in total. The molecule has 0 radical (unpaired) electrons. The van der Waals surface area contributed by atoms with Crippen molar-refractivity contribution in [1.29, 1.82) is 0 Å². The van der Waals surface area contributed by atoms with Crippen molar-refractivity contribution in [3.05, 3.63) is 48.6 Å². The number of fused-ring (bicyclic) bond motifs is 2. The maximum Gasteiger partial charge on any atom is 2.00 e. The third kappa shape index (κ3) is 4.65. The van der Waals surface area contributed by atoms with Crippen LogP contribution in [0.5, 0.6) is 0 Å². The van der Waals surface area contributed by atoms with E-state index in [-0.39, 0.29) is 69.6 Å². The van der Waals surface area contributed by atoms with Crippen molar-refractivity contribution in [3.8, 4) is 0 Å². The molecule has 0 spiro atoms. The molecule has 28 heavy (non-hydrogen) atoms. The Morgan fingerprint density at radius 1 is 0.643 bits per heavy atom. The first kappa shape index (κ1) is 26.4. The molecule has 2 saturated carbocycles. The van der Waals surface area contributed by atoms with Crippen molar-refractivity contribution >= 4 is 0 Å². The van der Waals surface area contributed by atoms with Gasteiger partial charge in [-0.05, 0) is 79.4 Å². The van der Waals surface area contributed by atoms with E-state index in [1.807, 2.05) is 0 Å². The summed E-state index contributed by atoms with van der Waals surface area (Å²) in [4.78, 5) is 0. The molecule has 6 unspecified atom stereocenters. The van der Waals surface area contributed by atoms with E-state index in [1.165, 1.54) is 25.7 Å². The SMILES string of the molecule is OCCC(CCO)(C1CCC2C=CC=CC21)C1CCC2C=CC=CC21.[Cl-].[Cl-].[Zr+2]. The number of allylic oxidation sites excluding steroid dienone is 8. The fourth-order valence-corrected chi connectivity index (χ4v) is 6.81. The molecule has 6 atom stereocenters. The van der Waals surface area contributed by atoms with Crippen molar-refractivity contribution in [3.63, 3.8) is 0 Å². The normalized spacial score (nSPS) is 34.8. The number of aliphatic hydroxyl groups is 2. The summed E-state index contributed by atoms with van der Waals surface area (Å²) in [6.45, 7) is 0.474. The zero-order chi connectivity index (χ0) is 17.3. The van der Waals surface area contributed by atoms with E-state index in [2.05, 4.69) is 48.6 Å². The number of hydrogen-bond acceptors (Lipinski definition) is 2. The van der Waals surface area contributed by atoms with Gasteiger partial charge in [0.2, 0.25) is 0 Å². The molecule has 0 aromatic carbocycles. The minimum absolute atomic E-state index is 0. The quantitative estimate of drug-likeness (QED) is 0.454. The average Bonchev–Trinajstić information content (AvgIpc) is 3.26.